The molecule has 0 radical (unpaired) electrons. The molecule has 0 aromatic heterocycles. The van der Waals surface area contributed by atoms with E-state index in [2.05, 4.69) is 17.4 Å². The molecule has 41 heavy (non-hydrogen) atoms. The lowest BCUT2D eigenvalue weighted by molar-refractivity contribution is 0.00578. The number of carbonyl (C=O) groups is 2. The zero-order valence-corrected chi connectivity index (χ0v) is 23.3. The summed E-state index contributed by atoms with van der Waals surface area (Å²) in [6, 6.07) is 18.2. The molecule has 212 valence electrons. The summed E-state index contributed by atoms with van der Waals surface area (Å²) >= 11 is 0. The van der Waals surface area contributed by atoms with Crippen molar-refractivity contribution in [1.29, 1.82) is 0 Å². The van der Waals surface area contributed by atoms with Gasteiger partial charge in [-0.3, -0.25) is 0 Å². The zero-order valence-electron chi connectivity index (χ0n) is 23.3. The van der Waals surface area contributed by atoms with E-state index in [1.165, 1.54) is 6.08 Å². The van der Waals surface area contributed by atoms with E-state index in [-0.39, 0.29) is 30.2 Å². The third-order valence-corrected chi connectivity index (χ3v) is 8.05. The molecule has 1 amide bonds. The topological polar surface area (TPSA) is 135 Å². The molecule has 0 atom stereocenters. The standard InChI is InChI=1S/C31H32BNO8/c1-30(2)31(3,4)41-32(40-30)19(15-24-26(34)13-18(28(36)37)14-27(24)35)16-33-29(38)39-17-25-22-11-7-5-9-20(22)21-10-6-8-12-23(21)25/h5-15,25,34-35H,16-17H2,1-4H3,(H,33,38)(H,36,37). The Balaban J connectivity index is 1.35. The molecule has 0 saturated carbocycles. The largest absolute Gasteiger partial charge is 0.507 e. The van der Waals surface area contributed by atoms with Crippen LogP contribution in [0.1, 0.15) is 60.7 Å². The minimum absolute atomic E-state index is 0.0333. The van der Waals surface area contributed by atoms with Crippen LogP contribution in [-0.4, -0.2) is 58.9 Å². The fraction of sp³-hybridized carbons (Fsp3) is 0.290. The van der Waals surface area contributed by atoms with Crippen LogP contribution < -0.4 is 5.32 Å². The van der Waals surface area contributed by atoms with Gasteiger partial charge in [0.05, 0.1) is 22.3 Å². The lowest BCUT2D eigenvalue weighted by Crippen LogP contribution is -2.41. The first kappa shape index (κ1) is 28.3. The van der Waals surface area contributed by atoms with Crippen molar-refractivity contribution in [2.24, 2.45) is 0 Å². The van der Waals surface area contributed by atoms with Crippen molar-refractivity contribution in [2.45, 2.75) is 44.8 Å². The van der Waals surface area contributed by atoms with Crippen LogP contribution in [0, 0.1) is 0 Å². The van der Waals surface area contributed by atoms with E-state index in [4.69, 9.17) is 14.0 Å². The summed E-state index contributed by atoms with van der Waals surface area (Å²) in [4.78, 5) is 24.2. The van der Waals surface area contributed by atoms with Crippen molar-refractivity contribution in [2.75, 3.05) is 13.2 Å². The third kappa shape index (κ3) is 5.40. The number of amides is 1. The summed E-state index contributed by atoms with van der Waals surface area (Å²) in [5.41, 5.74) is 3.11. The summed E-state index contributed by atoms with van der Waals surface area (Å²) in [7, 11) is -0.924. The first-order valence-electron chi connectivity index (χ1n) is 13.3. The molecule has 0 unspecified atom stereocenters. The molecule has 1 fully saturated rings. The number of rotatable bonds is 7. The molecule has 9 nitrogen and oxygen atoms in total. The maximum absolute atomic E-state index is 12.9. The highest BCUT2D eigenvalue weighted by Gasteiger charge is 2.52. The molecule has 1 heterocycles. The van der Waals surface area contributed by atoms with Crippen molar-refractivity contribution in [3.63, 3.8) is 0 Å². The number of carboxylic acid groups (broad SMARTS) is 1. The number of fused-ring (bicyclic) bond motifs is 3. The van der Waals surface area contributed by atoms with Gasteiger partial charge in [-0.1, -0.05) is 48.5 Å². The van der Waals surface area contributed by atoms with Crippen molar-refractivity contribution in [3.05, 3.63) is 88.4 Å². The van der Waals surface area contributed by atoms with E-state index in [1.807, 2.05) is 64.1 Å². The Morgan fingerprint density at radius 2 is 1.44 bits per heavy atom. The number of benzene rings is 3. The molecule has 5 rings (SSSR count). The maximum atomic E-state index is 12.9. The second-order valence-electron chi connectivity index (χ2n) is 11.2. The lowest BCUT2D eigenvalue weighted by Gasteiger charge is -2.32. The van der Waals surface area contributed by atoms with Gasteiger partial charge in [0.1, 0.15) is 18.1 Å². The predicted molar refractivity (Wildman–Crippen MR) is 154 cm³/mol. The number of nitrogens with one attached hydrogen (secondary N) is 1. The van der Waals surface area contributed by atoms with Crippen molar-refractivity contribution >= 4 is 25.3 Å². The van der Waals surface area contributed by atoms with E-state index >= 15 is 0 Å². The zero-order chi connectivity index (χ0) is 29.5. The van der Waals surface area contributed by atoms with Gasteiger partial charge >= 0.3 is 19.2 Å². The van der Waals surface area contributed by atoms with Crippen molar-refractivity contribution in [3.8, 4) is 22.6 Å². The van der Waals surface area contributed by atoms with Crippen LogP contribution in [-0.2, 0) is 14.0 Å². The summed E-state index contributed by atoms with van der Waals surface area (Å²) in [5.74, 6) is -2.29. The molecule has 1 saturated heterocycles. The molecule has 1 aliphatic heterocycles. The third-order valence-electron chi connectivity index (χ3n) is 8.05. The summed E-state index contributed by atoms with van der Waals surface area (Å²) in [6.45, 7) is 7.54. The Morgan fingerprint density at radius 3 is 1.95 bits per heavy atom. The molecular weight excluding hydrogens is 525 g/mol. The van der Waals surface area contributed by atoms with Crippen LogP contribution in [0.2, 0.25) is 0 Å². The second-order valence-corrected chi connectivity index (χ2v) is 11.2. The number of carboxylic acids is 1. The SMILES string of the molecule is CC1(C)OB(C(=Cc2c(O)cc(C(=O)O)cc2O)CNC(=O)OCC2c3ccccc3-c3ccccc32)OC1(C)C. The average Bonchev–Trinajstić information content (AvgIpc) is 3.35. The lowest BCUT2D eigenvalue weighted by atomic mass is 9.76. The molecule has 2 aliphatic rings. The predicted octanol–water partition coefficient (Wildman–Crippen LogP) is 5.35. The Bertz CT molecular complexity index is 1460. The van der Waals surface area contributed by atoms with Gasteiger partial charge < -0.3 is 34.7 Å². The number of aromatic carboxylic acids is 1. The number of alkyl carbamates (subject to hydrolysis) is 1. The number of hydrogen-bond acceptors (Lipinski definition) is 7. The number of ether oxygens (including phenoxy) is 1. The number of phenolic OH excluding ortho intramolecular Hbond substituents is 2. The Hall–Kier alpha value is -4.28. The molecule has 3 aromatic rings. The van der Waals surface area contributed by atoms with E-state index in [0.29, 0.717) is 5.47 Å². The van der Waals surface area contributed by atoms with E-state index in [9.17, 15) is 24.9 Å². The van der Waals surface area contributed by atoms with Gasteiger partial charge in [-0.05, 0) is 73.6 Å². The first-order chi connectivity index (χ1) is 19.4. The Morgan fingerprint density at radius 1 is 0.927 bits per heavy atom. The van der Waals surface area contributed by atoms with E-state index in [1.54, 1.807) is 0 Å². The fourth-order valence-corrected chi connectivity index (χ4v) is 5.10. The smallest absolute Gasteiger partial charge is 0.492 e. The van der Waals surface area contributed by atoms with Crippen molar-refractivity contribution < 1.29 is 39.0 Å². The molecular formula is C31H32BNO8. The van der Waals surface area contributed by atoms with E-state index < -0.39 is 41.9 Å². The monoisotopic (exact) mass is 557 g/mol. The van der Waals surface area contributed by atoms with Crippen LogP contribution >= 0.6 is 0 Å². The molecule has 1 aliphatic carbocycles. The molecule has 4 N–H and O–H groups in total. The highest BCUT2D eigenvalue weighted by Crippen LogP contribution is 2.44. The minimum atomic E-state index is -1.30. The Labute approximate surface area is 238 Å². The average molecular weight is 557 g/mol. The van der Waals surface area contributed by atoms with Gasteiger partial charge in [0, 0.05) is 12.5 Å². The van der Waals surface area contributed by atoms with Gasteiger partial charge in [0.15, 0.2) is 0 Å². The number of aromatic hydroxyl groups is 2. The summed E-state index contributed by atoms with van der Waals surface area (Å²) < 4.78 is 18.0. The molecule has 3 aromatic carbocycles. The highest BCUT2D eigenvalue weighted by atomic mass is 16.7. The maximum Gasteiger partial charge on any atom is 0.492 e. The molecule has 0 bridgehead atoms. The number of phenols is 2. The Kier molecular flexibility index (Phi) is 7.31. The normalized spacial score (nSPS) is 17.2. The fourth-order valence-electron chi connectivity index (χ4n) is 5.10. The van der Waals surface area contributed by atoms with Gasteiger partial charge in [0.2, 0.25) is 0 Å². The van der Waals surface area contributed by atoms with Gasteiger partial charge in [-0.25, -0.2) is 9.59 Å². The first-order valence-corrected chi connectivity index (χ1v) is 13.3. The van der Waals surface area contributed by atoms with E-state index in [0.717, 1.165) is 34.4 Å². The summed E-state index contributed by atoms with van der Waals surface area (Å²) in [5, 5.41) is 33.0. The van der Waals surface area contributed by atoms with Gasteiger partial charge in [0.25, 0.3) is 0 Å². The quantitative estimate of drug-likeness (QED) is 0.286. The molecule has 10 heteroatoms. The molecule has 0 spiro atoms. The van der Waals surface area contributed by atoms with Crippen LogP contribution in [0.15, 0.2) is 66.1 Å². The highest BCUT2D eigenvalue weighted by molar-refractivity contribution is 6.56. The van der Waals surface area contributed by atoms with Gasteiger partial charge in [-0.2, -0.15) is 0 Å². The number of carbonyl (C=O) groups excluding carboxylic acids is 1. The van der Waals surface area contributed by atoms with Crippen LogP contribution in [0.25, 0.3) is 17.2 Å². The van der Waals surface area contributed by atoms with Crippen LogP contribution in [0.4, 0.5) is 4.79 Å². The number of hydrogen-bond donors (Lipinski definition) is 4. The van der Waals surface area contributed by atoms with Crippen molar-refractivity contribution in [1.82, 2.24) is 5.32 Å². The van der Waals surface area contributed by atoms with Crippen LogP contribution in [0.5, 0.6) is 11.5 Å². The second kappa shape index (κ2) is 10.6. The minimum Gasteiger partial charge on any atom is -0.507 e. The summed E-state index contributed by atoms with van der Waals surface area (Å²) in [6.07, 6.45) is 0.756. The van der Waals surface area contributed by atoms with Gasteiger partial charge in [-0.15, -0.1) is 0 Å². The van der Waals surface area contributed by atoms with Crippen LogP contribution in [0.3, 0.4) is 0 Å².